The second-order valence-electron chi connectivity index (χ2n) is 10.8. The number of hydrogen-bond acceptors (Lipinski definition) is 5. The van der Waals surface area contributed by atoms with Crippen LogP contribution in [0.25, 0.3) is 0 Å². The van der Waals surface area contributed by atoms with Crippen LogP contribution in [0.5, 0.6) is 0 Å². The first-order chi connectivity index (χ1) is 17.2. The Morgan fingerprint density at radius 2 is 1.42 bits per heavy atom. The third-order valence-corrected chi connectivity index (χ3v) is 6.45. The molecule has 1 saturated carbocycles. The molecule has 0 unspecified atom stereocenters. The molecule has 1 aliphatic heterocycles. The predicted molar refractivity (Wildman–Crippen MR) is 143 cm³/mol. The van der Waals surface area contributed by atoms with Crippen LogP contribution in [0.1, 0.15) is 57.6 Å². The molecule has 1 aliphatic carbocycles. The zero-order chi connectivity index (χ0) is 26.0. The van der Waals surface area contributed by atoms with E-state index < -0.39 is 5.60 Å². The molecule has 0 bridgehead atoms. The number of carbonyl (C=O) groups excluding carboxylic acids is 2. The Bertz CT molecular complexity index is 901. The van der Waals surface area contributed by atoms with Crippen molar-refractivity contribution in [2.24, 2.45) is 5.92 Å². The van der Waals surface area contributed by atoms with E-state index in [-0.39, 0.29) is 12.1 Å². The number of nitrogens with zero attached hydrogens (tertiary/aromatic N) is 2. The second kappa shape index (κ2) is 13.4. The highest BCUT2D eigenvalue weighted by Gasteiger charge is 2.37. The average Bonchev–Trinajstić information content (AvgIpc) is 3.70. The molecule has 36 heavy (non-hydrogen) atoms. The van der Waals surface area contributed by atoms with Crippen LogP contribution in [-0.4, -0.2) is 60.2 Å². The Hall–Kier alpha value is -2.86. The third kappa shape index (κ3) is 10.0. The number of piperidine rings is 1. The molecule has 0 aromatic heterocycles. The van der Waals surface area contributed by atoms with Crippen LogP contribution >= 0.6 is 0 Å². The zero-order valence-electron chi connectivity index (χ0n) is 22.3. The molecule has 4 rings (SSSR count). The SMILES string of the molecule is COC(=O)Cc1ccc(CN2CCC(CN(C(=O)OC(C)(C)C)C3CC3)CC2)cc1.c1ccccc1. The van der Waals surface area contributed by atoms with Gasteiger partial charge in [0.15, 0.2) is 0 Å². The summed E-state index contributed by atoms with van der Waals surface area (Å²) in [4.78, 5) is 28.4. The lowest BCUT2D eigenvalue weighted by Gasteiger charge is -2.35. The summed E-state index contributed by atoms with van der Waals surface area (Å²) in [5.74, 6) is 0.327. The van der Waals surface area contributed by atoms with Gasteiger partial charge in [-0.2, -0.15) is 0 Å². The number of esters is 1. The molecule has 0 radical (unpaired) electrons. The monoisotopic (exact) mass is 494 g/mol. The topological polar surface area (TPSA) is 59.1 Å². The van der Waals surface area contributed by atoms with E-state index in [1.54, 1.807) is 0 Å². The molecule has 1 heterocycles. The smallest absolute Gasteiger partial charge is 0.410 e. The quantitative estimate of drug-likeness (QED) is 0.462. The molecule has 2 fully saturated rings. The third-order valence-electron chi connectivity index (χ3n) is 6.45. The van der Waals surface area contributed by atoms with Gasteiger partial charge >= 0.3 is 12.1 Å². The van der Waals surface area contributed by atoms with Crippen molar-refractivity contribution in [3.05, 3.63) is 71.8 Å². The van der Waals surface area contributed by atoms with Crippen LogP contribution < -0.4 is 0 Å². The number of hydrogen-bond donors (Lipinski definition) is 0. The fraction of sp³-hybridized carbons (Fsp3) is 0.533. The average molecular weight is 495 g/mol. The van der Waals surface area contributed by atoms with E-state index in [2.05, 4.69) is 17.0 Å². The summed E-state index contributed by atoms with van der Waals surface area (Å²) >= 11 is 0. The van der Waals surface area contributed by atoms with Crippen LogP contribution in [0, 0.1) is 5.92 Å². The van der Waals surface area contributed by atoms with Gasteiger partial charge in [0.25, 0.3) is 0 Å². The summed E-state index contributed by atoms with van der Waals surface area (Å²) in [6.45, 7) is 9.60. The van der Waals surface area contributed by atoms with Crippen LogP contribution in [0.15, 0.2) is 60.7 Å². The second-order valence-corrected chi connectivity index (χ2v) is 10.8. The lowest BCUT2D eigenvalue weighted by molar-refractivity contribution is -0.139. The zero-order valence-corrected chi connectivity index (χ0v) is 22.3. The van der Waals surface area contributed by atoms with Crippen molar-refractivity contribution < 1.29 is 19.1 Å². The van der Waals surface area contributed by atoms with Gasteiger partial charge in [-0.25, -0.2) is 4.79 Å². The van der Waals surface area contributed by atoms with Crippen LogP contribution in [0.3, 0.4) is 0 Å². The lowest BCUT2D eigenvalue weighted by Crippen LogP contribution is -2.43. The summed E-state index contributed by atoms with van der Waals surface area (Å²) in [5, 5.41) is 0. The molecule has 6 heteroatoms. The van der Waals surface area contributed by atoms with Crippen molar-refractivity contribution in [1.29, 1.82) is 0 Å². The fourth-order valence-corrected chi connectivity index (χ4v) is 4.33. The molecule has 6 nitrogen and oxygen atoms in total. The van der Waals surface area contributed by atoms with Crippen molar-refractivity contribution in [2.75, 3.05) is 26.7 Å². The summed E-state index contributed by atoms with van der Waals surface area (Å²) in [6.07, 6.45) is 4.57. The first-order valence-electron chi connectivity index (χ1n) is 13.1. The Morgan fingerprint density at radius 3 is 1.89 bits per heavy atom. The minimum absolute atomic E-state index is 0.153. The number of carbonyl (C=O) groups is 2. The summed E-state index contributed by atoms with van der Waals surface area (Å²) in [5.41, 5.74) is 1.79. The maximum Gasteiger partial charge on any atom is 0.410 e. The molecule has 0 spiro atoms. The normalized spacial score (nSPS) is 16.4. The number of methoxy groups -OCH3 is 1. The molecule has 196 valence electrons. The first-order valence-corrected chi connectivity index (χ1v) is 13.1. The Balaban J connectivity index is 0.000000526. The highest BCUT2D eigenvalue weighted by molar-refractivity contribution is 5.72. The standard InChI is InChI=1S/C24H36N2O4.C6H6/c1-24(2,3)30-23(28)26(21-9-10-21)17-20-11-13-25(14-12-20)16-19-7-5-18(6-8-19)15-22(27)29-4;1-2-4-6-5-3-1/h5-8,20-21H,9-17H2,1-4H3;1-6H. The van der Waals surface area contributed by atoms with Crippen molar-refractivity contribution in [2.45, 2.75) is 71.1 Å². The summed E-state index contributed by atoms with van der Waals surface area (Å²) in [7, 11) is 1.41. The van der Waals surface area contributed by atoms with E-state index in [0.29, 0.717) is 18.4 Å². The van der Waals surface area contributed by atoms with E-state index in [1.807, 2.05) is 74.2 Å². The van der Waals surface area contributed by atoms with Gasteiger partial charge in [-0.05, 0) is 76.6 Å². The van der Waals surface area contributed by atoms with Crippen molar-refractivity contribution in [3.63, 3.8) is 0 Å². The predicted octanol–water partition coefficient (Wildman–Crippen LogP) is 5.70. The molecular weight excluding hydrogens is 452 g/mol. The molecule has 1 amide bonds. The van der Waals surface area contributed by atoms with Gasteiger partial charge in [-0.1, -0.05) is 60.7 Å². The molecular formula is C30H42N2O4. The van der Waals surface area contributed by atoms with E-state index in [4.69, 9.17) is 9.47 Å². The molecule has 1 saturated heterocycles. The van der Waals surface area contributed by atoms with Gasteiger partial charge < -0.3 is 14.4 Å². The van der Waals surface area contributed by atoms with Gasteiger partial charge in [0.05, 0.1) is 13.5 Å². The number of rotatable bonds is 7. The van der Waals surface area contributed by atoms with Crippen molar-refractivity contribution >= 4 is 12.1 Å². The van der Waals surface area contributed by atoms with E-state index in [0.717, 1.165) is 57.4 Å². The van der Waals surface area contributed by atoms with E-state index in [9.17, 15) is 9.59 Å². The van der Waals surface area contributed by atoms with Gasteiger partial charge in [0, 0.05) is 19.1 Å². The van der Waals surface area contributed by atoms with Crippen molar-refractivity contribution in [1.82, 2.24) is 9.80 Å². The van der Waals surface area contributed by atoms with Gasteiger partial charge in [-0.3, -0.25) is 9.69 Å². The maximum absolute atomic E-state index is 12.6. The number of benzene rings is 2. The molecule has 2 aliphatic rings. The highest BCUT2D eigenvalue weighted by atomic mass is 16.6. The van der Waals surface area contributed by atoms with Crippen molar-refractivity contribution in [3.8, 4) is 0 Å². The summed E-state index contributed by atoms with van der Waals surface area (Å²) in [6, 6.07) is 20.6. The van der Waals surface area contributed by atoms with Gasteiger partial charge in [0.2, 0.25) is 0 Å². The van der Waals surface area contributed by atoms with Gasteiger partial charge in [-0.15, -0.1) is 0 Å². The van der Waals surface area contributed by atoms with Crippen LogP contribution in [0.4, 0.5) is 4.79 Å². The van der Waals surface area contributed by atoms with Crippen LogP contribution in [-0.2, 0) is 27.2 Å². The fourth-order valence-electron chi connectivity index (χ4n) is 4.33. The van der Waals surface area contributed by atoms with E-state index >= 15 is 0 Å². The number of ether oxygens (including phenoxy) is 2. The highest BCUT2D eigenvalue weighted by Crippen LogP contribution is 2.31. The number of amides is 1. The summed E-state index contributed by atoms with van der Waals surface area (Å²) < 4.78 is 10.4. The minimum Gasteiger partial charge on any atom is -0.469 e. The Morgan fingerprint density at radius 1 is 0.889 bits per heavy atom. The molecule has 2 aromatic carbocycles. The molecule has 0 N–H and O–H groups in total. The van der Waals surface area contributed by atoms with Gasteiger partial charge in [0.1, 0.15) is 5.60 Å². The molecule has 2 aromatic rings. The number of likely N-dealkylation sites (tertiary alicyclic amines) is 1. The minimum atomic E-state index is -0.444. The lowest BCUT2D eigenvalue weighted by atomic mass is 9.95. The maximum atomic E-state index is 12.6. The molecule has 0 atom stereocenters. The Kier molecular flexibility index (Phi) is 10.4. The largest absolute Gasteiger partial charge is 0.469 e. The first kappa shape index (κ1) is 27.7. The Labute approximate surface area is 216 Å². The van der Waals surface area contributed by atoms with Crippen LogP contribution in [0.2, 0.25) is 0 Å². The van der Waals surface area contributed by atoms with E-state index in [1.165, 1.54) is 12.7 Å².